The zero-order valence-electron chi connectivity index (χ0n) is 18.3. The molecule has 0 N–H and O–H groups in total. The number of rotatable bonds is 10. The number of nitriles is 1. The monoisotopic (exact) mass is 458 g/mol. The third-order valence-corrected chi connectivity index (χ3v) is 9.04. The minimum Gasteiger partial charge on any atom is -0.267 e. The molecule has 1 aromatic carbocycles. The second kappa shape index (κ2) is 10.5. The van der Waals surface area contributed by atoms with Gasteiger partial charge in [0, 0.05) is 4.91 Å². The van der Waals surface area contributed by atoms with Crippen LogP contribution in [0.3, 0.4) is 0 Å². The van der Waals surface area contributed by atoms with Crippen LogP contribution in [0, 0.1) is 18.3 Å². The molecule has 1 heterocycles. The second-order valence-corrected chi connectivity index (χ2v) is 11.2. The standard InChI is InChI=1S/C24H30N2O3S2/c1-3-4-5-6-9-15-24(16-10-17-24)31(27,28)29-26-23-14-13-22(30-23)21(18-25)20-12-8-7-11-19(20)2/h7-8,11-14H,3-6,9-10,15-17H2,1-2H3/b22-21+,26-23-. The predicted molar refractivity (Wildman–Crippen MR) is 128 cm³/mol. The Bertz CT molecular complexity index is 1030. The number of benzene rings is 1. The molecule has 1 saturated carbocycles. The summed E-state index contributed by atoms with van der Waals surface area (Å²) in [7, 11) is -3.78. The molecule has 0 amide bonds. The molecule has 0 atom stereocenters. The van der Waals surface area contributed by atoms with E-state index in [0.717, 1.165) is 41.7 Å². The first-order chi connectivity index (χ1) is 14.9. The van der Waals surface area contributed by atoms with Crippen LogP contribution in [0.25, 0.3) is 5.57 Å². The lowest BCUT2D eigenvalue weighted by Crippen LogP contribution is -2.45. The zero-order valence-corrected chi connectivity index (χ0v) is 19.9. The lowest BCUT2D eigenvalue weighted by molar-refractivity contribution is 0.249. The highest BCUT2D eigenvalue weighted by molar-refractivity contribution is 8.18. The molecule has 0 radical (unpaired) electrons. The van der Waals surface area contributed by atoms with Gasteiger partial charge in [-0.2, -0.15) is 13.7 Å². The molecule has 1 fully saturated rings. The summed E-state index contributed by atoms with van der Waals surface area (Å²) in [5, 5.41) is 14.1. The van der Waals surface area contributed by atoms with Crippen molar-refractivity contribution in [2.75, 3.05) is 0 Å². The Labute approximate surface area is 190 Å². The maximum absolute atomic E-state index is 12.9. The first kappa shape index (κ1) is 23.6. The van der Waals surface area contributed by atoms with E-state index in [0.29, 0.717) is 29.9 Å². The van der Waals surface area contributed by atoms with E-state index in [-0.39, 0.29) is 0 Å². The van der Waals surface area contributed by atoms with E-state index in [2.05, 4.69) is 18.1 Å². The highest BCUT2D eigenvalue weighted by Crippen LogP contribution is 2.44. The van der Waals surface area contributed by atoms with E-state index < -0.39 is 14.9 Å². The third-order valence-electron chi connectivity index (χ3n) is 6.12. The van der Waals surface area contributed by atoms with Gasteiger partial charge in [-0.25, -0.2) is 0 Å². The fourth-order valence-corrected chi connectivity index (χ4v) is 6.42. The van der Waals surface area contributed by atoms with E-state index in [1.807, 2.05) is 31.2 Å². The molecular weight excluding hydrogens is 428 g/mol. The average Bonchev–Trinajstić information content (AvgIpc) is 3.18. The molecule has 0 spiro atoms. The van der Waals surface area contributed by atoms with Crippen LogP contribution in [-0.2, 0) is 14.4 Å². The number of hydrogen-bond acceptors (Lipinski definition) is 6. The van der Waals surface area contributed by atoms with Gasteiger partial charge < -0.3 is 0 Å². The first-order valence-corrected chi connectivity index (χ1v) is 13.2. The van der Waals surface area contributed by atoms with Crippen LogP contribution < -0.4 is 0 Å². The number of allylic oxidation sites excluding steroid dienone is 2. The summed E-state index contributed by atoms with van der Waals surface area (Å²) in [4.78, 5) is 0.742. The normalized spacial score (nSPS) is 20.4. The van der Waals surface area contributed by atoms with E-state index in [1.54, 1.807) is 12.2 Å². The Balaban J connectivity index is 1.67. The maximum atomic E-state index is 12.9. The Morgan fingerprint density at radius 3 is 2.58 bits per heavy atom. The smallest absolute Gasteiger partial charge is 0.267 e. The van der Waals surface area contributed by atoms with Gasteiger partial charge in [-0.15, -0.1) is 0 Å². The van der Waals surface area contributed by atoms with Crippen molar-refractivity contribution in [3.8, 4) is 6.07 Å². The zero-order chi connectivity index (χ0) is 22.3. The van der Waals surface area contributed by atoms with Crippen LogP contribution in [0.1, 0.15) is 75.8 Å². The molecule has 7 heteroatoms. The van der Waals surface area contributed by atoms with E-state index in [9.17, 15) is 13.7 Å². The van der Waals surface area contributed by atoms with Gasteiger partial charge in [0.2, 0.25) is 0 Å². The van der Waals surface area contributed by atoms with Crippen LogP contribution in [0.4, 0.5) is 0 Å². The molecule has 0 aromatic heterocycles. The lowest BCUT2D eigenvalue weighted by atomic mass is 9.80. The first-order valence-electron chi connectivity index (χ1n) is 11.0. The Morgan fingerprint density at radius 2 is 1.94 bits per heavy atom. The Morgan fingerprint density at radius 1 is 1.19 bits per heavy atom. The Kier molecular flexibility index (Phi) is 8.01. The molecule has 3 rings (SSSR count). The fraction of sp³-hybridized carbons (Fsp3) is 0.500. The molecular formula is C24H30N2O3S2. The summed E-state index contributed by atoms with van der Waals surface area (Å²) in [6.45, 7) is 4.13. The van der Waals surface area contributed by atoms with E-state index in [4.69, 9.17) is 4.28 Å². The molecule has 0 unspecified atom stereocenters. The van der Waals surface area contributed by atoms with Crippen molar-refractivity contribution in [1.82, 2.24) is 0 Å². The number of hydrogen-bond donors (Lipinski definition) is 0. The van der Waals surface area contributed by atoms with Gasteiger partial charge >= 0.3 is 10.1 Å². The third kappa shape index (κ3) is 5.42. The molecule has 0 bridgehead atoms. The van der Waals surface area contributed by atoms with Crippen LogP contribution >= 0.6 is 11.8 Å². The van der Waals surface area contributed by atoms with Crippen molar-refractivity contribution >= 4 is 32.5 Å². The largest absolute Gasteiger partial charge is 0.334 e. The van der Waals surface area contributed by atoms with E-state index in [1.165, 1.54) is 24.6 Å². The van der Waals surface area contributed by atoms with Gasteiger partial charge in [0.05, 0.1) is 5.57 Å². The summed E-state index contributed by atoms with van der Waals surface area (Å²) in [5.74, 6) is 0. The quantitative estimate of drug-likeness (QED) is 0.228. The molecule has 0 saturated heterocycles. The minimum absolute atomic E-state index is 0.442. The van der Waals surface area contributed by atoms with Crippen molar-refractivity contribution in [2.45, 2.75) is 76.4 Å². The van der Waals surface area contributed by atoms with Crippen LogP contribution in [0.15, 0.2) is 46.5 Å². The van der Waals surface area contributed by atoms with Crippen LogP contribution in [0.5, 0.6) is 0 Å². The second-order valence-electron chi connectivity index (χ2n) is 8.26. The van der Waals surface area contributed by atoms with Crippen LogP contribution in [-0.4, -0.2) is 18.2 Å². The summed E-state index contributed by atoms with van der Waals surface area (Å²) in [6.07, 6.45) is 11.8. The number of aryl methyl sites for hydroxylation is 1. The van der Waals surface area contributed by atoms with Gasteiger partial charge in [0.25, 0.3) is 0 Å². The van der Waals surface area contributed by atoms with Crippen LogP contribution in [0.2, 0.25) is 0 Å². The maximum Gasteiger partial charge on any atom is 0.334 e. The lowest BCUT2D eigenvalue weighted by Gasteiger charge is -2.39. The molecule has 31 heavy (non-hydrogen) atoms. The van der Waals surface area contributed by atoms with Gasteiger partial charge in [-0.1, -0.05) is 86.6 Å². The number of oxime groups is 1. The van der Waals surface area contributed by atoms with Crippen molar-refractivity contribution in [1.29, 1.82) is 5.26 Å². The van der Waals surface area contributed by atoms with E-state index >= 15 is 0 Å². The highest BCUT2D eigenvalue weighted by Gasteiger charge is 2.50. The average molecular weight is 459 g/mol. The number of nitrogens with zero attached hydrogens (tertiary/aromatic N) is 2. The van der Waals surface area contributed by atoms with Crippen molar-refractivity contribution in [3.05, 3.63) is 52.4 Å². The summed E-state index contributed by atoms with van der Waals surface area (Å²) in [6, 6.07) is 9.97. The number of thioether (sulfide) groups is 1. The molecule has 5 nitrogen and oxygen atoms in total. The molecule has 2 aliphatic rings. The van der Waals surface area contributed by atoms with Crippen molar-refractivity contribution < 1.29 is 12.7 Å². The fourth-order valence-electron chi connectivity index (χ4n) is 4.02. The summed E-state index contributed by atoms with van der Waals surface area (Å²) < 4.78 is 30.2. The Hall–Kier alpha value is -2.04. The molecule has 166 valence electrons. The highest BCUT2D eigenvalue weighted by atomic mass is 32.2. The summed E-state index contributed by atoms with van der Waals surface area (Å²) >= 11 is 1.26. The minimum atomic E-state index is -3.78. The van der Waals surface area contributed by atoms with Crippen molar-refractivity contribution in [3.63, 3.8) is 0 Å². The molecule has 1 aromatic rings. The SMILES string of the molecule is CCCCCCCC1(S(=O)(=O)O/N=C2C=C/C(=C(/C#N)c3ccccc3C)S/2)CCC1. The van der Waals surface area contributed by atoms with Gasteiger partial charge in [0.1, 0.15) is 15.9 Å². The molecule has 1 aliphatic heterocycles. The number of unbranched alkanes of at least 4 members (excludes halogenated alkanes) is 4. The molecule has 1 aliphatic carbocycles. The van der Waals surface area contributed by atoms with Gasteiger partial charge in [-0.05, 0) is 49.5 Å². The van der Waals surface area contributed by atoms with Gasteiger partial charge in [-0.3, -0.25) is 4.28 Å². The summed E-state index contributed by atoms with van der Waals surface area (Å²) in [5.41, 5.74) is 2.43. The van der Waals surface area contributed by atoms with Gasteiger partial charge in [0.15, 0.2) is 0 Å². The predicted octanol–water partition coefficient (Wildman–Crippen LogP) is 6.48. The topological polar surface area (TPSA) is 79.5 Å². The van der Waals surface area contributed by atoms with Crippen molar-refractivity contribution in [2.24, 2.45) is 5.16 Å².